The lowest BCUT2D eigenvalue weighted by Crippen LogP contribution is -3.12. The minimum atomic E-state index is -0.0906. The first-order chi connectivity index (χ1) is 7.77. The largest absolute Gasteiger partial charge is 0.345 e. The summed E-state index contributed by atoms with van der Waals surface area (Å²) < 4.78 is 0. The molecule has 2 N–H and O–H groups in total. The van der Waals surface area contributed by atoms with Gasteiger partial charge in [0.2, 0.25) is 0 Å². The van der Waals surface area contributed by atoms with Gasteiger partial charge in [0, 0.05) is 6.20 Å². The molecule has 4 heteroatoms. The fourth-order valence-corrected chi connectivity index (χ4v) is 1.54. The number of pyridine rings is 1. The molecule has 1 amide bonds. The maximum Gasteiger partial charge on any atom is 0.270 e. The van der Waals surface area contributed by atoms with E-state index >= 15 is 0 Å². The number of quaternary nitrogens is 1. The highest BCUT2D eigenvalue weighted by Gasteiger charge is 2.07. The van der Waals surface area contributed by atoms with Crippen LogP contribution in [0.3, 0.4) is 0 Å². The van der Waals surface area contributed by atoms with E-state index in [0.29, 0.717) is 12.2 Å². The third-order valence-electron chi connectivity index (χ3n) is 2.66. The number of carbonyl (C=O) groups excluding carboxylic acids is 1. The van der Waals surface area contributed by atoms with E-state index in [1.165, 1.54) is 4.90 Å². The van der Waals surface area contributed by atoms with Crippen LogP contribution in [0.2, 0.25) is 0 Å². The Morgan fingerprint density at radius 1 is 1.38 bits per heavy atom. The summed E-state index contributed by atoms with van der Waals surface area (Å²) in [4.78, 5) is 17.1. The number of nitrogens with one attached hydrogen (secondary N) is 2. The van der Waals surface area contributed by atoms with Gasteiger partial charge in [0.05, 0.1) is 26.2 Å². The first-order valence-corrected chi connectivity index (χ1v) is 5.80. The maximum atomic E-state index is 11.6. The Bertz CT molecular complexity index is 309. The molecule has 88 valence electrons. The average molecular weight is 222 g/mol. The van der Waals surface area contributed by atoms with Crippen LogP contribution in [-0.2, 0) is 0 Å². The van der Waals surface area contributed by atoms with Gasteiger partial charge in [-0.2, -0.15) is 0 Å². The van der Waals surface area contributed by atoms with Crippen molar-refractivity contribution in [2.45, 2.75) is 13.8 Å². The van der Waals surface area contributed by atoms with E-state index in [2.05, 4.69) is 24.1 Å². The molecule has 0 unspecified atom stereocenters. The van der Waals surface area contributed by atoms with Crippen LogP contribution in [0.4, 0.5) is 0 Å². The van der Waals surface area contributed by atoms with Crippen LogP contribution in [0.15, 0.2) is 24.4 Å². The molecule has 0 saturated heterocycles. The number of hydrogen-bond donors (Lipinski definition) is 2. The Kier molecular flexibility index (Phi) is 5.50. The molecule has 0 atom stereocenters. The molecule has 0 aliphatic heterocycles. The maximum absolute atomic E-state index is 11.6. The van der Waals surface area contributed by atoms with Crippen molar-refractivity contribution in [3.63, 3.8) is 0 Å². The molecule has 0 fully saturated rings. The number of likely N-dealkylation sites (N-methyl/N-ethyl adjacent to an activating group) is 1. The van der Waals surface area contributed by atoms with Crippen LogP contribution >= 0.6 is 0 Å². The smallest absolute Gasteiger partial charge is 0.270 e. The number of nitrogens with zero attached hydrogens (tertiary/aromatic N) is 1. The van der Waals surface area contributed by atoms with Crippen molar-refractivity contribution in [3.05, 3.63) is 30.1 Å². The molecule has 0 spiro atoms. The van der Waals surface area contributed by atoms with E-state index in [-0.39, 0.29) is 5.91 Å². The predicted octanol–water partition coefficient (Wildman–Crippen LogP) is -0.264. The lowest BCUT2D eigenvalue weighted by atomic mass is 10.3. The van der Waals surface area contributed by atoms with Crippen molar-refractivity contribution >= 4 is 5.91 Å². The summed E-state index contributed by atoms with van der Waals surface area (Å²) in [6, 6.07) is 5.34. The zero-order chi connectivity index (χ0) is 11.8. The summed E-state index contributed by atoms with van der Waals surface area (Å²) >= 11 is 0. The Hall–Kier alpha value is -1.42. The fourth-order valence-electron chi connectivity index (χ4n) is 1.54. The lowest BCUT2D eigenvalue weighted by molar-refractivity contribution is -0.895. The second kappa shape index (κ2) is 6.95. The minimum absolute atomic E-state index is 0.0906. The molecular formula is C12H20N3O+. The van der Waals surface area contributed by atoms with Crippen molar-refractivity contribution < 1.29 is 9.69 Å². The average Bonchev–Trinajstić information content (AvgIpc) is 2.35. The second-order valence-corrected chi connectivity index (χ2v) is 3.68. The Morgan fingerprint density at radius 2 is 2.12 bits per heavy atom. The zero-order valence-electron chi connectivity index (χ0n) is 9.99. The second-order valence-electron chi connectivity index (χ2n) is 3.68. The molecule has 1 rings (SSSR count). The molecule has 0 aliphatic rings. The Balaban J connectivity index is 2.31. The van der Waals surface area contributed by atoms with Gasteiger partial charge in [0.1, 0.15) is 5.69 Å². The van der Waals surface area contributed by atoms with Crippen molar-refractivity contribution in [2.24, 2.45) is 0 Å². The summed E-state index contributed by atoms with van der Waals surface area (Å²) in [6.45, 7) is 8.16. The van der Waals surface area contributed by atoms with Gasteiger partial charge in [-0.05, 0) is 26.0 Å². The van der Waals surface area contributed by atoms with Crippen LogP contribution in [-0.4, -0.2) is 37.1 Å². The number of hydrogen-bond acceptors (Lipinski definition) is 2. The van der Waals surface area contributed by atoms with Crippen molar-refractivity contribution in [3.8, 4) is 0 Å². The van der Waals surface area contributed by atoms with Crippen molar-refractivity contribution in [1.82, 2.24) is 10.3 Å². The van der Waals surface area contributed by atoms with E-state index in [9.17, 15) is 4.79 Å². The van der Waals surface area contributed by atoms with Crippen molar-refractivity contribution in [1.29, 1.82) is 0 Å². The summed E-state index contributed by atoms with van der Waals surface area (Å²) in [6.07, 6.45) is 1.63. The van der Waals surface area contributed by atoms with Gasteiger partial charge in [-0.3, -0.25) is 9.78 Å². The minimum Gasteiger partial charge on any atom is -0.345 e. The lowest BCUT2D eigenvalue weighted by Gasteiger charge is -2.15. The number of amides is 1. The van der Waals surface area contributed by atoms with Gasteiger partial charge in [0.15, 0.2) is 0 Å². The van der Waals surface area contributed by atoms with E-state index in [1.54, 1.807) is 18.3 Å². The highest BCUT2D eigenvalue weighted by Crippen LogP contribution is 1.91. The van der Waals surface area contributed by atoms with Gasteiger partial charge in [-0.1, -0.05) is 6.07 Å². The predicted molar refractivity (Wildman–Crippen MR) is 63.5 cm³/mol. The van der Waals surface area contributed by atoms with Gasteiger partial charge < -0.3 is 10.2 Å². The number of aromatic nitrogens is 1. The molecule has 1 aromatic heterocycles. The van der Waals surface area contributed by atoms with Crippen LogP contribution in [0.5, 0.6) is 0 Å². The standard InChI is InChI=1S/C12H19N3O/c1-3-15(4-2)10-9-14-12(16)11-7-5-6-8-13-11/h5-8H,3-4,9-10H2,1-2H3,(H,14,16)/p+1. The highest BCUT2D eigenvalue weighted by molar-refractivity contribution is 5.92. The number of carbonyl (C=O) groups is 1. The highest BCUT2D eigenvalue weighted by atomic mass is 16.1. The number of rotatable bonds is 6. The van der Waals surface area contributed by atoms with Gasteiger partial charge in [-0.25, -0.2) is 0 Å². The molecular weight excluding hydrogens is 202 g/mol. The summed E-state index contributed by atoms with van der Waals surface area (Å²) in [5.74, 6) is -0.0906. The molecule has 4 nitrogen and oxygen atoms in total. The third kappa shape index (κ3) is 3.98. The van der Waals surface area contributed by atoms with Crippen LogP contribution in [0, 0.1) is 0 Å². The summed E-state index contributed by atoms with van der Waals surface area (Å²) in [5, 5.41) is 2.88. The van der Waals surface area contributed by atoms with Gasteiger partial charge in [0.25, 0.3) is 5.91 Å². The molecule has 0 aromatic carbocycles. The van der Waals surface area contributed by atoms with Crippen LogP contribution in [0.25, 0.3) is 0 Å². The molecule has 16 heavy (non-hydrogen) atoms. The molecule has 1 heterocycles. The fraction of sp³-hybridized carbons (Fsp3) is 0.500. The van der Waals surface area contributed by atoms with Gasteiger partial charge >= 0.3 is 0 Å². The van der Waals surface area contributed by atoms with E-state index < -0.39 is 0 Å². The molecule has 0 bridgehead atoms. The monoisotopic (exact) mass is 222 g/mol. The first-order valence-electron chi connectivity index (χ1n) is 5.80. The van der Waals surface area contributed by atoms with Crippen LogP contribution < -0.4 is 10.2 Å². The molecule has 0 aliphatic carbocycles. The third-order valence-corrected chi connectivity index (χ3v) is 2.66. The van der Waals surface area contributed by atoms with Crippen LogP contribution in [0.1, 0.15) is 24.3 Å². The Morgan fingerprint density at radius 3 is 2.69 bits per heavy atom. The van der Waals surface area contributed by atoms with E-state index in [1.807, 2.05) is 6.07 Å². The van der Waals surface area contributed by atoms with E-state index in [0.717, 1.165) is 19.6 Å². The molecule has 1 aromatic rings. The van der Waals surface area contributed by atoms with Gasteiger partial charge in [-0.15, -0.1) is 0 Å². The normalized spacial score (nSPS) is 10.4. The van der Waals surface area contributed by atoms with Crippen molar-refractivity contribution in [2.75, 3.05) is 26.2 Å². The summed E-state index contributed by atoms with van der Waals surface area (Å²) in [5.41, 5.74) is 0.483. The van der Waals surface area contributed by atoms with E-state index in [4.69, 9.17) is 0 Å². The topological polar surface area (TPSA) is 46.4 Å². The zero-order valence-corrected chi connectivity index (χ0v) is 9.99. The first kappa shape index (κ1) is 12.6. The molecule has 0 radical (unpaired) electrons. The SMILES string of the molecule is CC[NH+](CC)CCNC(=O)c1ccccn1. The summed E-state index contributed by atoms with van der Waals surface area (Å²) in [7, 11) is 0. The Labute approximate surface area is 96.7 Å². The molecule has 0 saturated carbocycles. The quantitative estimate of drug-likeness (QED) is 0.696.